The summed E-state index contributed by atoms with van der Waals surface area (Å²) in [6.07, 6.45) is 1.40. The quantitative estimate of drug-likeness (QED) is 0.480. The number of rotatable bonds is 6. The second-order valence-corrected chi connectivity index (χ2v) is 7.80. The fraction of sp³-hybridized carbons (Fsp3) is 0.174. The molecule has 1 fully saturated rings. The molecule has 1 aromatic heterocycles. The van der Waals surface area contributed by atoms with Gasteiger partial charge in [0, 0.05) is 18.0 Å². The number of hydrogen-bond acceptors (Lipinski definition) is 5. The zero-order valence-corrected chi connectivity index (χ0v) is 17.7. The first-order chi connectivity index (χ1) is 15.8. The van der Waals surface area contributed by atoms with Crippen LogP contribution in [0.3, 0.4) is 0 Å². The fourth-order valence-corrected chi connectivity index (χ4v) is 3.60. The maximum Gasteiger partial charge on any atom is 0.331 e. The Bertz CT molecular complexity index is 1360. The van der Waals surface area contributed by atoms with Gasteiger partial charge in [0.25, 0.3) is 11.5 Å². The van der Waals surface area contributed by atoms with Gasteiger partial charge in [-0.05, 0) is 30.2 Å². The number of aromatic nitrogens is 2. The number of carbonyl (C=O) groups excluding carboxylic acids is 3. The number of carbonyl (C=O) groups is 3. The zero-order valence-electron chi connectivity index (χ0n) is 17.7. The Morgan fingerprint density at radius 3 is 2.45 bits per heavy atom. The highest BCUT2D eigenvalue weighted by atomic mass is 16.2. The minimum atomic E-state index is -1.28. The third-order valence-electron chi connectivity index (χ3n) is 5.41. The highest BCUT2D eigenvalue weighted by Crippen LogP contribution is 2.26. The lowest BCUT2D eigenvalue weighted by atomic mass is 9.92. The third kappa shape index (κ3) is 4.45. The number of benzene rings is 2. The fourth-order valence-electron chi connectivity index (χ4n) is 3.60. The molecular formula is C23H21N5O5. The summed E-state index contributed by atoms with van der Waals surface area (Å²) >= 11 is 0. The van der Waals surface area contributed by atoms with E-state index in [2.05, 4.69) is 16.0 Å². The average molecular weight is 447 g/mol. The van der Waals surface area contributed by atoms with Crippen LogP contribution in [-0.2, 0) is 28.2 Å². The van der Waals surface area contributed by atoms with E-state index in [0.717, 1.165) is 10.1 Å². The molecule has 33 heavy (non-hydrogen) atoms. The molecule has 0 spiro atoms. The monoisotopic (exact) mass is 447 g/mol. The minimum absolute atomic E-state index is 0.260. The minimum Gasteiger partial charge on any atom is -0.325 e. The van der Waals surface area contributed by atoms with E-state index in [1.54, 1.807) is 31.2 Å². The van der Waals surface area contributed by atoms with Crippen LogP contribution in [0, 0.1) is 0 Å². The molecule has 2 aromatic carbocycles. The Labute approximate surface area is 187 Å². The summed E-state index contributed by atoms with van der Waals surface area (Å²) in [6, 6.07) is 16.3. The van der Waals surface area contributed by atoms with E-state index in [9.17, 15) is 24.0 Å². The second kappa shape index (κ2) is 8.58. The number of anilines is 1. The number of urea groups is 1. The average Bonchev–Trinajstić information content (AvgIpc) is 3.06. The molecule has 10 heteroatoms. The Morgan fingerprint density at radius 2 is 1.76 bits per heavy atom. The van der Waals surface area contributed by atoms with Crippen molar-refractivity contribution in [3.8, 4) is 0 Å². The number of imide groups is 1. The maximum absolute atomic E-state index is 12.8. The van der Waals surface area contributed by atoms with E-state index < -0.39 is 41.2 Å². The molecule has 4 amide bonds. The summed E-state index contributed by atoms with van der Waals surface area (Å²) in [7, 11) is 0. The van der Waals surface area contributed by atoms with E-state index >= 15 is 0 Å². The smallest absolute Gasteiger partial charge is 0.325 e. The standard InChI is InChI=1S/C23H21N5O5/c1-23(20(31)25-21(32)26-23)16-8-5-9-17(12-16)24-18(29)14-28-19(30)10-11-27(22(28)33)13-15-6-3-2-4-7-15/h2-12H,13-14H2,1H3,(H,24,29)(H2,25,26,31,32). The van der Waals surface area contributed by atoms with Crippen molar-refractivity contribution in [3.05, 3.63) is 98.8 Å². The number of hydrogen-bond donors (Lipinski definition) is 3. The lowest BCUT2D eigenvalue weighted by Gasteiger charge is -2.21. The zero-order chi connectivity index (χ0) is 23.6. The molecule has 2 heterocycles. The third-order valence-corrected chi connectivity index (χ3v) is 5.41. The molecule has 3 N–H and O–H groups in total. The molecule has 0 radical (unpaired) electrons. The SMILES string of the molecule is CC1(c2cccc(NC(=O)Cn3c(=O)ccn(Cc4ccccc4)c3=O)c2)NC(=O)NC1=O. The van der Waals surface area contributed by atoms with Crippen LogP contribution in [0.15, 0.2) is 76.4 Å². The van der Waals surface area contributed by atoms with E-state index in [-0.39, 0.29) is 6.54 Å². The Morgan fingerprint density at radius 1 is 1.00 bits per heavy atom. The lowest BCUT2D eigenvalue weighted by Crippen LogP contribution is -2.42. The maximum atomic E-state index is 12.8. The van der Waals surface area contributed by atoms with Crippen LogP contribution in [0.1, 0.15) is 18.1 Å². The van der Waals surface area contributed by atoms with Gasteiger partial charge in [-0.1, -0.05) is 42.5 Å². The highest BCUT2D eigenvalue weighted by Gasteiger charge is 2.43. The van der Waals surface area contributed by atoms with Crippen LogP contribution in [0.25, 0.3) is 0 Å². The summed E-state index contributed by atoms with van der Waals surface area (Å²) in [6.45, 7) is 1.33. The first-order valence-electron chi connectivity index (χ1n) is 10.1. The van der Waals surface area contributed by atoms with Gasteiger partial charge in [-0.3, -0.25) is 28.8 Å². The molecule has 1 atom stereocenters. The van der Waals surface area contributed by atoms with Gasteiger partial charge in [0.15, 0.2) is 0 Å². The molecule has 0 aliphatic carbocycles. The molecule has 0 saturated carbocycles. The first-order valence-corrected chi connectivity index (χ1v) is 10.1. The normalized spacial score (nSPS) is 17.4. The van der Waals surface area contributed by atoms with Gasteiger partial charge in [-0.2, -0.15) is 0 Å². The van der Waals surface area contributed by atoms with E-state index in [1.165, 1.54) is 16.8 Å². The van der Waals surface area contributed by atoms with Crippen LogP contribution < -0.4 is 27.2 Å². The Balaban J connectivity index is 1.52. The first kappa shape index (κ1) is 21.8. The van der Waals surface area contributed by atoms with E-state index in [1.807, 2.05) is 30.3 Å². The summed E-state index contributed by atoms with van der Waals surface area (Å²) in [5.74, 6) is -1.10. The van der Waals surface area contributed by atoms with E-state index in [4.69, 9.17) is 0 Å². The van der Waals surface area contributed by atoms with E-state index in [0.29, 0.717) is 11.3 Å². The van der Waals surface area contributed by atoms with Crippen molar-refractivity contribution in [2.45, 2.75) is 25.6 Å². The van der Waals surface area contributed by atoms with Gasteiger partial charge in [-0.25, -0.2) is 9.59 Å². The summed E-state index contributed by atoms with van der Waals surface area (Å²) in [5.41, 5.74) is -0.784. The van der Waals surface area contributed by atoms with Gasteiger partial charge >= 0.3 is 11.7 Å². The number of nitrogens with one attached hydrogen (secondary N) is 3. The van der Waals surface area contributed by atoms with Gasteiger partial charge in [0.2, 0.25) is 5.91 Å². The molecule has 0 bridgehead atoms. The Kier molecular flexibility index (Phi) is 5.65. The number of nitrogens with zero attached hydrogens (tertiary/aromatic N) is 2. The van der Waals surface area contributed by atoms with Crippen LogP contribution in [-0.4, -0.2) is 27.0 Å². The molecule has 168 valence electrons. The van der Waals surface area contributed by atoms with Crippen LogP contribution in [0.4, 0.5) is 10.5 Å². The predicted molar refractivity (Wildman–Crippen MR) is 120 cm³/mol. The van der Waals surface area contributed by atoms with Crippen molar-refractivity contribution < 1.29 is 14.4 Å². The molecule has 1 aliphatic rings. The van der Waals surface area contributed by atoms with Crippen LogP contribution in [0.5, 0.6) is 0 Å². The predicted octanol–water partition coefficient (Wildman–Crippen LogP) is 0.752. The molecule has 1 aliphatic heterocycles. The lowest BCUT2D eigenvalue weighted by molar-refractivity contribution is -0.123. The highest BCUT2D eigenvalue weighted by molar-refractivity contribution is 6.07. The van der Waals surface area contributed by atoms with Gasteiger partial charge in [0.05, 0.1) is 6.54 Å². The molecule has 4 rings (SSSR count). The molecular weight excluding hydrogens is 426 g/mol. The largest absolute Gasteiger partial charge is 0.331 e. The summed E-state index contributed by atoms with van der Waals surface area (Å²) in [5, 5.41) is 7.37. The molecule has 1 unspecified atom stereocenters. The summed E-state index contributed by atoms with van der Waals surface area (Å²) in [4.78, 5) is 61.4. The van der Waals surface area contributed by atoms with Crippen molar-refractivity contribution in [2.24, 2.45) is 0 Å². The second-order valence-electron chi connectivity index (χ2n) is 7.80. The van der Waals surface area contributed by atoms with Crippen LogP contribution in [0.2, 0.25) is 0 Å². The van der Waals surface area contributed by atoms with Crippen molar-refractivity contribution in [2.75, 3.05) is 5.32 Å². The van der Waals surface area contributed by atoms with Gasteiger partial charge in [0.1, 0.15) is 12.1 Å². The topological polar surface area (TPSA) is 131 Å². The molecule has 10 nitrogen and oxygen atoms in total. The molecule has 1 saturated heterocycles. The molecule has 3 aromatic rings. The number of amides is 4. The van der Waals surface area contributed by atoms with Gasteiger partial charge in [-0.15, -0.1) is 0 Å². The summed E-state index contributed by atoms with van der Waals surface area (Å²) < 4.78 is 2.21. The van der Waals surface area contributed by atoms with Gasteiger partial charge < -0.3 is 10.6 Å². The van der Waals surface area contributed by atoms with Crippen molar-refractivity contribution in [1.82, 2.24) is 19.8 Å². The van der Waals surface area contributed by atoms with Crippen molar-refractivity contribution >= 4 is 23.5 Å². The van der Waals surface area contributed by atoms with Crippen molar-refractivity contribution in [1.29, 1.82) is 0 Å². The Hall–Kier alpha value is -4.47. The van der Waals surface area contributed by atoms with Crippen LogP contribution >= 0.6 is 0 Å². The van der Waals surface area contributed by atoms with Crippen molar-refractivity contribution in [3.63, 3.8) is 0 Å².